The number of hydrogen-bond acceptors (Lipinski definition) is 4. The number of carbonyl (C=O) groups excluding carboxylic acids is 3. The zero-order valence-electron chi connectivity index (χ0n) is 10.8. The third kappa shape index (κ3) is 3.79. The molecule has 0 heterocycles. The van der Waals surface area contributed by atoms with E-state index in [1.54, 1.807) is 0 Å². The quantitative estimate of drug-likeness (QED) is 0.562. The molecule has 7 nitrogen and oxygen atoms in total. The van der Waals surface area contributed by atoms with Gasteiger partial charge in [0, 0.05) is 22.9 Å². The Balaban J connectivity index is 2.10. The molecule has 1 aliphatic carbocycles. The number of carbonyl (C=O) groups is 3. The van der Waals surface area contributed by atoms with Crippen molar-refractivity contribution in [2.24, 2.45) is 11.5 Å². The Labute approximate surface area is 115 Å². The summed E-state index contributed by atoms with van der Waals surface area (Å²) in [4.78, 5) is 34.1. The summed E-state index contributed by atoms with van der Waals surface area (Å²) in [5, 5.41) is 5.65. The molecule has 1 fully saturated rings. The van der Waals surface area contributed by atoms with Crippen molar-refractivity contribution >= 4 is 23.4 Å². The summed E-state index contributed by atoms with van der Waals surface area (Å²) in [7, 11) is 0. The van der Waals surface area contributed by atoms with Crippen LogP contribution in [-0.2, 0) is 4.79 Å². The fourth-order valence-corrected chi connectivity index (χ4v) is 1.71. The van der Waals surface area contributed by atoms with Crippen LogP contribution in [0.5, 0.6) is 0 Å². The standard InChI is InChI=1S/C13H16N4O3/c14-12(19)7-3-8(13(15)20)5-10(4-7)17-11(18)6-16-9-1-2-9/h3-5,9,16H,1-2,6H2,(H2,14,19)(H2,15,20)(H,17,18). The van der Waals surface area contributed by atoms with Gasteiger partial charge in [0.1, 0.15) is 0 Å². The Bertz CT molecular complexity index is 534. The van der Waals surface area contributed by atoms with Gasteiger partial charge >= 0.3 is 0 Å². The predicted molar refractivity (Wildman–Crippen MR) is 73.1 cm³/mol. The molecule has 0 saturated heterocycles. The molecule has 20 heavy (non-hydrogen) atoms. The van der Waals surface area contributed by atoms with E-state index < -0.39 is 11.8 Å². The van der Waals surface area contributed by atoms with Crippen LogP contribution in [0, 0.1) is 0 Å². The average molecular weight is 276 g/mol. The number of rotatable bonds is 6. The first-order valence-corrected chi connectivity index (χ1v) is 6.23. The molecule has 6 N–H and O–H groups in total. The molecule has 1 aromatic rings. The van der Waals surface area contributed by atoms with Gasteiger partial charge < -0.3 is 22.1 Å². The lowest BCUT2D eigenvalue weighted by Crippen LogP contribution is -2.29. The second-order valence-electron chi connectivity index (χ2n) is 4.73. The van der Waals surface area contributed by atoms with E-state index in [1.165, 1.54) is 18.2 Å². The van der Waals surface area contributed by atoms with Gasteiger partial charge in [-0.15, -0.1) is 0 Å². The largest absolute Gasteiger partial charge is 0.366 e. The van der Waals surface area contributed by atoms with Gasteiger partial charge in [-0.1, -0.05) is 0 Å². The van der Waals surface area contributed by atoms with E-state index in [9.17, 15) is 14.4 Å². The molecule has 0 aliphatic heterocycles. The van der Waals surface area contributed by atoms with E-state index in [2.05, 4.69) is 10.6 Å². The molecule has 2 rings (SSSR count). The fraction of sp³-hybridized carbons (Fsp3) is 0.308. The first kappa shape index (κ1) is 14.0. The van der Waals surface area contributed by atoms with Crippen LogP contribution in [-0.4, -0.2) is 30.3 Å². The summed E-state index contributed by atoms with van der Waals surface area (Å²) in [5.41, 5.74) is 10.9. The minimum atomic E-state index is -0.695. The maximum atomic E-state index is 11.7. The molecule has 3 amide bonds. The lowest BCUT2D eigenvalue weighted by molar-refractivity contribution is -0.115. The summed E-state index contributed by atoms with van der Waals surface area (Å²) >= 11 is 0. The molecule has 1 aromatic carbocycles. The lowest BCUT2D eigenvalue weighted by atomic mass is 10.1. The molecule has 106 valence electrons. The van der Waals surface area contributed by atoms with Crippen LogP contribution < -0.4 is 22.1 Å². The van der Waals surface area contributed by atoms with Crippen molar-refractivity contribution in [2.75, 3.05) is 11.9 Å². The van der Waals surface area contributed by atoms with Crippen molar-refractivity contribution in [2.45, 2.75) is 18.9 Å². The normalized spacial score (nSPS) is 13.8. The van der Waals surface area contributed by atoms with Crippen LogP contribution in [0.3, 0.4) is 0 Å². The van der Waals surface area contributed by atoms with Gasteiger partial charge in [0.25, 0.3) is 0 Å². The van der Waals surface area contributed by atoms with Crippen LogP contribution in [0.15, 0.2) is 18.2 Å². The first-order chi connectivity index (χ1) is 9.45. The van der Waals surface area contributed by atoms with Gasteiger partial charge in [-0.25, -0.2) is 0 Å². The van der Waals surface area contributed by atoms with Gasteiger partial charge in [-0.05, 0) is 31.0 Å². The van der Waals surface area contributed by atoms with Crippen LogP contribution in [0.2, 0.25) is 0 Å². The summed E-state index contributed by atoms with van der Waals surface area (Å²) in [6.07, 6.45) is 2.16. The van der Waals surface area contributed by atoms with Crippen LogP contribution in [0.25, 0.3) is 0 Å². The third-order valence-electron chi connectivity index (χ3n) is 2.91. The highest BCUT2D eigenvalue weighted by Crippen LogP contribution is 2.18. The predicted octanol–water partition coefficient (Wildman–Crippen LogP) is -0.425. The number of hydrogen-bond donors (Lipinski definition) is 4. The van der Waals surface area contributed by atoms with Crippen molar-refractivity contribution in [3.8, 4) is 0 Å². The molecule has 0 spiro atoms. The number of nitrogens with one attached hydrogen (secondary N) is 2. The van der Waals surface area contributed by atoms with Crippen molar-refractivity contribution in [3.05, 3.63) is 29.3 Å². The number of benzene rings is 1. The monoisotopic (exact) mass is 276 g/mol. The number of primary amides is 2. The Morgan fingerprint density at radius 3 is 2.05 bits per heavy atom. The van der Waals surface area contributed by atoms with E-state index in [-0.39, 0.29) is 23.6 Å². The topological polar surface area (TPSA) is 127 Å². The number of amides is 3. The van der Waals surface area contributed by atoms with Gasteiger partial charge in [-0.3, -0.25) is 14.4 Å². The summed E-state index contributed by atoms with van der Waals surface area (Å²) in [6.45, 7) is 0.178. The molecule has 0 atom stereocenters. The highest BCUT2D eigenvalue weighted by Gasteiger charge is 2.21. The molecule has 0 aromatic heterocycles. The molecule has 7 heteroatoms. The second kappa shape index (κ2) is 5.70. The van der Waals surface area contributed by atoms with E-state index in [1.807, 2.05) is 0 Å². The van der Waals surface area contributed by atoms with Crippen LogP contribution in [0.1, 0.15) is 33.6 Å². The SMILES string of the molecule is NC(=O)c1cc(NC(=O)CNC2CC2)cc(C(N)=O)c1. The maximum Gasteiger partial charge on any atom is 0.248 e. The summed E-state index contributed by atoms with van der Waals surface area (Å²) < 4.78 is 0. The molecular weight excluding hydrogens is 260 g/mol. The lowest BCUT2D eigenvalue weighted by Gasteiger charge is -2.09. The zero-order chi connectivity index (χ0) is 14.7. The Morgan fingerprint density at radius 1 is 1.05 bits per heavy atom. The third-order valence-corrected chi connectivity index (χ3v) is 2.91. The Morgan fingerprint density at radius 2 is 1.60 bits per heavy atom. The van der Waals surface area contributed by atoms with Crippen molar-refractivity contribution in [3.63, 3.8) is 0 Å². The zero-order valence-corrected chi connectivity index (χ0v) is 10.8. The molecular formula is C13H16N4O3. The minimum Gasteiger partial charge on any atom is -0.366 e. The highest BCUT2D eigenvalue weighted by molar-refractivity contribution is 6.01. The van der Waals surface area contributed by atoms with Gasteiger partial charge in [-0.2, -0.15) is 0 Å². The molecule has 0 radical (unpaired) electrons. The smallest absolute Gasteiger partial charge is 0.248 e. The van der Waals surface area contributed by atoms with E-state index >= 15 is 0 Å². The minimum absolute atomic E-state index is 0.117. The van der Waals surface area contributed by atoms with Crippen LogP contribution in [0.4, 0.5) is 5.69 Å². The van der Waals surface area contributed by atoms with Crippen molar-refractivity contribution < 1.29 is 14.4 Å². The van der Waals surface area contributed by atoms with E-state index in [0.717, 1.165) is 12.8 Å². The van der Waals surface area contributed by atoms with Crippen LogP contribution >= 0.6 is 0 Å². The van der Waals surface area contributed by atoms with E-state index in [4.69, 9.17) is 11.5 Å². The Hall–Kier alpha value is -2.41. The maximum absolute atomic E-state index is 11.7. The number of nitrogens with two attached hydrogens (primary N) is 2. The average Bonchev–Trinajstić information content (AvgIpc) is 3.19. The van der Waals surface area contributed by atoms with Crippen molar-refractivity contribution in [1.29, 1.82) is 0 Å². The second-order valence-corrected chi connectivity index (χ2v) is 4.73. The van der Waals surface area contributed by atoms with Gasteiger partial charge in [0.2, 0.25) is 17.7 Å². The number of anilines is 1. The van der Waals surface area contributed by atoms with E-state index in [0.29, 0.717) is 11.7 Å². The van der Waals surface area contributed by atoms with Crippen molar-refractivity contribution in [1.82, 2.24) is 5.32 Å². The van der Waals surface area contributed by atoms with Gasteiger partial charge in [0.05, 0.1) is 6.54 Å². The van der Waals surface area contributed by atoms with Gasteiger partial charge in [0.15, 0.2) is 0 Å². The summed E-state index contributed by atoms with van der Waals surface area (Å²) in [5.74, 6) is -1.65. The molecule has 0 bridgehead atoms. The summed E-state index contributed by atoms with van der Waals surface area (Å²) in [6, 6.07) is 4.52. The molecule has 1 saturated carbocycles. The Kier molecular flexibility index (Phi) is 3.99. The molecule has 0 unspecified atom stereocenters. The first-order valence-electron chi connectivity index (χ1n) is 6.23. The molecule has 1 aliphatic rings. The highest BCUT2D eigenvalue weighted by atomic mass is 16.2. The fourth-order valence-electron chi connectivity index (χ4n) is 1.71.